The number of para-hydroxylation sites is 1. The second-order valence-electron chi connectivity index (χ2n) is 5.79. The van der Waals surface area contributed by atoms with E-state index < -0.39 is 6.04 Å². The minimum atomic E-state index is -0.592. The average molecular weight is 340 g/mol. The second kappa shape index (κ2) is 6.84. The molecule has 25 heavy (non-hydrogen) atoms. The molecular formula is C19H20N2O4. The maximum Gasteiger partial charge on any atom is 0.248 e. The predicted octanol–water partition coefficient (Wildman–Crippen LogP) is 2.62. The first kappa shape index (κ1) is 16.8. The summed E-state index contributed by atoms with van der Waals surface area (Å²) in [5.41, 5.74) is 2.27. The van der Waals surface area contributed by atoms with Gasteiger partial charge in [0.05, 0.1) is 19.9 Å². The summed E-state index contributed by atoms with van der Waals surface area (Å²) >= 11 is 0. The zero-order valence-electron chi connectivity index (χ0n) is 14.4. The van der Waals surface area contributed by atoms with Crippen molar-refractivity contribution in [3.8, 4) is 11.5 Å². The van der Waals surface area contributed by atoms with Crippen molar-refractivity contribution in [2.24, 2.45) is 0 Å². The number of carbonyl (C=O) groups excluding carboxylic acids is 2. The lowest BCUT2D eigenvalue weighted by Crippen LogP contribution is -2.44. The van der Waals surface area contributed by atoms with Crippen molar-refractivity contribution in [2.45, 2.75) is 19.4 Å². The predicted molar refractivity (Wildman–Crippen MR) is 95.3 cm³/mol. The summed E-state index contributed by atoms with van der Waals surface area (Å²) in [5, 5.41) is 2.86. The SMILES string of the molecule is COc1ccc(OC)c(NC(=O)C2Cc3ccccc3N2C(C)=O)c1. The molecule has 6 heteroatoms. The topological polar surface area (TPSA) is 67.9 Å². The Bertz CT molecular complexity index is 819. The van der Waals surface area contributed by atoms with E-state index in [1.54, 1.807) is 25.3 Å². The van der Waals surface area contributed by atoms with Crippen LogP contribution >= 0.6 is 0 Å². The number of hydrogen-bond donors (Lipinski definition) is 1. The first-order valence-electron chi connectivity index (χ1n) is 7.95. The maximum atomic E-state index is 12.9. The normalized spacial score (nSPS) is 15.5. The molecule has 2 aromatic carbocycles. The van der Waals surface area contributed by atoms with Crippen LogP contribution in [0.15, 0.2) is 42.5 Å². The Hall–Kier alpha value is -3.02. The molecule has 1 atom stereocenters. The fourth-order valence-corrected chi connectivity index (χ4v) is 3.11. The number of hydrogen-bond acceptors (Lipinski definition) is 4. The van der Waals surface area contributed by atoms with Gasteiger partial charge in [0, 0.05) is 25.1 Å². The van der Waals surface area contributed by atoms with Crippen LogP contribution in [0.5, 0.6) is 11.5 Å². The molecule has 1 aliphatic rings. The van der Waals surface area contributed by atoms with Crippen LogP contribution in [-0.4, -0.2) is 32.1 Å². The molecule has 2 amide bonds. The molecule has 0 saturated heterocycles. The van der Waals surface area contributed by atoms with Gasteiger partial charge in [-0.25, -0.2) is 0 Å². The number of ether oxygens (including phenoxy) is 2. The van der Waals surface area contributed by atoms with Crippen molar-refractivity contribution < 1.29 is 19.1 Å². The Morgan fingerprint density at radius 2 is 1.88 bits per heavy atom. The van der Waals surface area contributed by atoms with E-state index in [0.717, 1.165) is 11.3 Å². The molecular weight excluding hydrogens is 320 g/mol. The molecule has 0 aromatic heterocycles. The second-order valence-corrected chi connectivity index (χ2v) is 5.79. The molecule has 0 radical (unpaired) electrons. The van der Waals surface area contributed by atoms with Crippen LogP contribution in [0.2, 0.25) is 0 Å². The summed E-state index contributed by atoms with van der Waals surface area (Å²) in [6.07, 6.45) is 0.480. The highest BCUT2D eigenvalue weighted by Crippen LogP contribution is 2.34. The number of nitrogens with zero attached hydrogens (tertiary/aromatic N) is 1. The number of benzene rings is 2. The third-order valence-electron chi connectivity index (χ3n) is 4.28. The number of methoxy groups -OCH3 is 2. The van der Waals surface area contributed by atoms with E-state index in [4.69, 9.17) is 9.47 Å². The summed E-state index contributed by atoms with van der Waals surface area (Å²) in [6, 6.07) is 12.1. The summed E-state index contributed by atoms with van der Waals surface area (Å²) in [6.45, 7) is 1.47. The molecule has 0 bridgehead atoms. The van der Waals surface area contributed by atoms with Gasteiger partial charge >= 0.3 is 0 Å². The van der Waals surface area contributed by atoms with Gasteiger partial charge in [-0.05, 0) is 23.8 Å². The van der Waals surface area contributed by atoms with Gasteiger partial charge in [-0.2, -0.15) is 0 Å². The van der Waals surface area contributed by atoms with Crippen molar-refractivity contribution in [2.75, 3.05) is 24.4 Å². The molecule has 1 heterocycles. The maximum absolute atomic E-state index is 12.9. The summed E-state index contributed by atoms with van der Waals surface area (Å²) in [5.74, 6) is 0.703. The number of fused-ring (bicyclic) bond motifs is 1. The van der Waals surface area contributed by atoms with Crippen LogP contribution in [0, 0.1) is 0 Å². The van der Waals surface area contributed by atoms with Gasteiger partial charge in [0.1, 0.15) is 17.5 Å². The summed E-state index contributed by atoms with van der Waals surface area (Å²) in [7, 11) is 3.09. The standard InChI is InChI=1S/C19H20N2O4/c1-12(22)21-16-7-5-4-6-13(16)10-17(21)19(23)20-15-11-14(24-2)8-9-18(15)25-3/h4-9,11,17H,10H2,1-3H3,(H,20,23). The van der Waals surface area contributed by atoms with Gasteiger partial charge in [-0.3, -0.25) is 14.5 Å². The minimum absolute atomic E-state index is 0.164. The van der Waals surface area contributed by atoms with Crippen molar-refractivity contribution >= 4 is 23.2 Å². The van der Waals surface area contributed by atoms with Gasteiger partial charge < -0.3 is 14.8 Å². The Morgan fingerprint density at radius 1 is 1.12 bits per heavy atom. The average Bonchev–Trinajstić information content (AvgIpc) is 3.01. The molecule has 1 N–H and O–H groups in total. The van der Waals surface area contributed by atoms with Gasteiger partial charge in [-0.1, -0.05) is 18.2 Å². The molecule has 130 valence electrons. The number of nitrogens with one attached hydrogen (secondary N) is 1. The van der Waals surface area contributed by atoms with Crippen molar-refractivity contribution in [3.63, 3.8) is 0 Å². The number of rotatable bonds is 4. The molecule has 0 spiro atoms. The molecule has 0 fully saturated rings. The van der Waals surface area contributed by atoms with Crippen LogP contribution in [-0.2, 0) is 16.0 Å². The van der Waals surface area contributed by atoms with Crippen LogP contribution in [0.25, 0.3) is 0 Å². The van der Waals surface area contributed by atoms with Gasteiger partial charge in [0.25, 0.3) is 0 Å². The zero-order chi connectivity index (χ0) is 18.0. The lowest BCUT2D eigenvalue weighted by molar-refractivity contribution is -0.122. The molecule has 0 saturated carbocycles. The van der Waals surface area contributed by atoms with E-state index in [9.17, 15) is 9.59 Å². The Kier molecular flexibility index (Phi) is 4.61. The Morgan fingerprint density at radius 3 is 2.56 bits per heavy atom. The molecule has 2 aromatic rings. The third-order valence-corrected chi connectivity index (χ3v) is 4.28. The van der Waals surface area contributed by atoms with E-state index in [1.807, 2.05) is 24.3 Å². The smallest absolute Gasteiger partial charge is 0.248 e. The van der Waals surface area contributed by atoms with Gasteiger partial charge in [-0.15, -0.1) is 0 Å². The van der Waals surface area contributed by atoms with E-state index >= 15 is 0 Å². The third kappa shape index (κ3) is 3.15. The minimum Gasteiger partial charge on any atom is -0.497 e. The zero-order valence-corrected chi connectivity index (χ0v) is 14.4. The monoisotopic (exact) mass is 340 g/mol. The van der Waals surface area contributed by atoms with Gasteiger partial charge in [0.15, 0.2) is 0 Å². The van der Waals surface area contributed by atoms with Crippen LogP contribution in [0.4, 0.5) is 11.4 Å². The Balaban J connectivity index is 1.88. The summed E-state index contributed by atoms with van der Waals surface area (Å²) in [4.78, 5) is 26.5. The van der Waals surface area contributed by atoms with Crippen LogP contribution in [0.3, 0.4) is 0 Å². The quantitative estimate of drug-likeness (QED) is 0.929. The van der Waals surface area contributed by atoms with E-state index in [2.05, 4.69) is 5.32 Å². The van der Waals surface area contributed by atoms with Crippen molar-refractivity contribution in [1.29, 1.82) is 0 Å². The highest BCUT2D eigenvalue weighted by Gasteiger charge is 2.36. The first-order valence-corrected chi connectivity index (χ1v) is 7.95. The highest BCUT2D eigenvalue weighted by atomic mass is 16.5. The number of amides is 2. The molecule has 3 rings (SSSR count). The lowest BCUT2D eigenvalue weighted by atomic mass is 10.1. The van der Waals surface area contributed by atoms with Crippen LogP contribution in [0.1, 0.15) is 12.5 Å². The van der Waals surface area contributed by atoms with E-state index in [0.29, 0.717) is 23.6 Å². The number of carbonyl (C=O) groups is 2. The van der Waals surface area contributed by atoms with E-state index in [-0.39, 0.29) is 11.8 Å². The van der Waals surface area contributed by atoms with Gasteiger partial charge in [0.2, 0.25) is 11.8 Å². The first-order chi connectivity index (χ1) is 12.0. The van der Waals surface area contributed by atoms with Crippen LogP contribution < -0.4 is 19.7 Å². The Labute approximate surface area is 146 Å². The highest BCUT2D eigenvalue weighted by molar-refractivity contribution is 6.07. The number of anilines is 2. The molecule has 1 unspecified atom stereocenters. The molecule has 0 aliphatic carbocycles. The molecule has 6 nitrogen and oxygen atoms in total. The van der Waals surface area contributed by atoms with Crippen molar-refractivity contribution in [3.05, 3.63) is 48.0 Å². The fourth-order valence-electron chi connectivity index (χ4n) is 3.11. The fraction of sp³-hybridized carbons (Fsp3) is 0.263. The summed E-state index contributed by atoms with van der Waals surface area (Å²) < 4.78 is 10.5. The van der Waals surface area contributed by atoms with Crippen molar-refractivity contribution in [1.82, 2.24) is 0 Å². The lowest BCUT2D eigenvalue weighted by Gasteiger charge is -2.24. The largest absolute Gasteiger partial charge is 0.497 e. The van der Waals surface area contributed by atoms with E-state index in [1.165, 1.54) is 18.9 Å². The molecule has 1 aliphatic heterocycles.